The smallest absolute Gasteiger partial charge is 0.270 e. The topological polar surface area (TPSA) is 87.8 Å². The third-order valence-corrected chi connectivity index (χ3v) is 7.93. The lowest BCUT2D eigenvalue weighted by Gasteiger charge is -2.32. The summed E-state index contributed by atoms with van der Waals surface area (Å²) in [5, 5.41) is 9.66. The fourth-order valence-corrected chi connectivity index (χ4v) is 5.93. The fourth-order valence-electron chi connectivity index (χ4n) is 4.69. The minimum atomic E-state index is -0.321. The Morgan fingerprint density at radius 1 is 1.17 bits per heavy atom. The Bertz CT molecular complexity index is 1370. The zero-order valence-electron chi connectivity index (χ0n) is 19.5. The van der Waals surface area contributed by atoms with Gasteiger partial charge in [-0.2, -0.15) is 5.26 Å². The van der Waals surface area contributed by atoms with Crippen LogP contribution >= 0.6 is 24.0 Å². The second-order valence-electron chi connectivity index (χ2n) is 8.72. The van der Waals surface area contributed by atoms with Crippen molar-refractivity contribution in [1.82, 2.24) is 9.47 Å². The number of carbonyl (C=O) groups is 1. The Morgan fingerprint density at radius 2 is 1.91 bits per heavy atom. The van der Waals surface area contributed by atoms with Crippen LogP contribution in [0.15, 0.2) is 27.9 Å². The van der Waals surface area contributed by atoms with E-state index < -0.39 is 0 Å². The molecule has 0 saturated carbocycles. The van der Waals surface area contributed by atoms with E-state index >= 15 is 0 Å². The summed E-state index contributed by atoms with van der Waals surface area (Å²) >= 11 is 6.78. The van der Waals surface area contributed by atoms with Gasteiger partial charge in [0, 0.05) is 25.7 Å². The van der Waals surface area contributed by atoms with Crippen molar-refractivity contribution in [2.24, 2.45) is 7.05 Å². The Balaban J connectivity index is 1.52. The van der Waals surface area contributed by atoms with Crippen LogP contribution in [0.2, 0.25) is 0 Å². The van der Waals surface area contributed by atoms with E-state index in [0.717, 1.165) is 43.7 Å². The van der Waals surface area contributed by atoms with E-state index in [1.165, 1.54) is 16.3 Å². The van der Waals surface area contributed by atoms with Gasteiger partial charge in [-0.3, -0.25) is 19.1 Å². The van der Waals surface area contributed by atoms with Crippen molar-refractivity contribution >= 4 is 46.1 Å². The summed E-state index contributed by atoms with van der Waals surface area (Å²) in [6.45, 7) is 3.92. The van der Waals surface area contributed by atoms with Gasteiger partial charge in [0.25, 0.3) is 11.5 Å². The molecule has 180 valence electrons. The number of piperidine rings is 1. The normalized spacial score (nSPS) is 18.5. The zero-order valence-corrected chi connectivity index (χ0v) is 21.1. The Morgan fingerprint density at radius 3 is 2.66 bits per heavy atom. The highest BCUT2D eigenvalue weighted by atomic mass is 32.2. The second-order valence-corrected chi connectivity index (χ2v) is 10.4. The standard InChI is InChI=1S/C25H24N4O4S2/c1-15-17(22(28-8-4-3-5-9-28)27(2)23(30)18(15)12-26)11-21-24(31)29(25(34)35-21)13-16-6-7-19-20(10-16)33-14-32-19/h6-7,10-11H,3-5,8-9,13-14H2,1-2H3/b21-11-. The summed E-state index contributed by atoms with van der Waals surface area (Å²) in [5.74, 6) is 1.88. The first-order valence-corrected chi connectivity index (χ1v) is 12.6. The van der Waals surface area contributed by atoms with Crippen LogP contribution in [0.5, 0.6) is 11.5 Å². The van der Waals surface area contributed by atoms with Gasteiger partial charge < -0.3 is 14.4 Å². The van der Waals surface area contributed by atoms with E-state index in [0.29, 0.717) is 38.4 Å². The van der Waals surface area contributed by atoms with Crippen LogP contribution < -0.4 is 19.9 Å². The molecule has 3 aliphatic rings. The lowest BCUT2D eigenvalue weighted by molar-refractivity contribution is -0.122. The molecular weight excluding hydrogens is 484 g/mol. The first-order chi connectivity index (χ1) is 16.9. The van der Waals surface area contributed by atoms with Crippen LogP contribution in [0.1, 0.15) is 41.5 Å². The Hall–Kier alpha value is -3.29. The van der Waals surface area contributed by atoms with E-state index in [9.17, 15) is 14.9 Å². The molecule has 0 atom stereocenters. The average molecular weight is 509 g/mol. The molecule has 0 spiro atoms. The van der Waals surface area contributed by atoms with Gasteiger partial charge >= 0.3 is 0 Å². The van der Waals surface area contributed by atoms with Crippen LogP contribution in [0.25, 0.3) is 6.08 Å². The van der Waals surface area contributed by atoms with Crippen molar-refractivity contribution in [3.05, 3.63) is 55.7 Å². The number of ether oxygens (including phenoxy) is 2. The molecule has 2 fully saturated rings. The fraction of sp³-hybridized carbons (Fsp3) is 0.360. The Kier molecular flexibility index (Phi) is 6.30. The lowest BCUT2D eigenvalue weighted by atomic mass is 10.0. The summed E-state index contributed by atoms with van der Waals surface area (Å²) in [7, 11) is 1.69. The highest BCUT2D eigenvalue weighted by Gasteiger charge is 2.33. The minimum absolute atomic E-state index is 0.0929. The van der Waals surface area contributed by atoms with E-state index in [2.05, 4.69) is 11.0 Å². The van der Waals surface area contributed by atoms with Crippen LogP contribution in [0.4, 0.5) is 5.82 Å². The molecule has 0 radical (unpaired) electrons. The number of nitriles is 1. The molecule has 4 heterocycles. The van der Waals surface area contributed by atoms with Crippen molar-refractivity contribution in [3.63, 3.8) is 0 Å². The average Bonchev–Trinajstić information content (AvgIpc) is 3.43. The lowest BCUT2D eigenvalue weighted by Crippen LogP contribution is -2.36. The molecule has 0 aliphatic carbocycles. The van der Waals surface area contributed by atoms with Crippen molar-refractivity contribution < 1.29 is 14.3 Å². The molecule has 5 rings (SSSR count). The van der Waals surface area contributed by atoms with Gasteiger partial charge in [-0.15, -0.1) is 0 Å². The van der Waals surface area contributed by atoms with Gasteiger partial charge in [0.1, 0.15) is 21.8 Å². The number of benzene rings is 1. The summed E-state index contributed by atoms with van der Waals surface area (Å²) in [6.07, 6.45) is 5.00. The SMILES string of the molecule is Cc1c(/C=C2\SC(=S)N(Cc3ccc4c(c3)OCO4)C2=O)c(N2CCCCC2)n(C)c(=O)c1C#N. The number of rotatable bonds is 4. The number of amides is 1. The third kappa shape index (κ3) is 4.19. The number of anilines is 1. The molecule has 1 aromatic heterocycles. The van der Waals surface area contributed by atoms with Gasteiger partial charge in [0.05, 0.1) is 11.4 Å². The van der Waals surface area contributed by atoms with E-state index in [1.807, 2.05) is 18.2 Å². The van der Waals surface area contributed by atoms with Crippen molar-refractivity contribution in [2.45, 2.75) is 32.7 Å². The maximum atomic E-state index is 13.4. The quantitative estimate of drug-likeness (QED) is 0.457. The molecule has 1 aromatic carbocycles. The minimum Gasteiger partial charge on any atom is -0.454 e. The number of thiocarbonyl (C=S) groups is 1. The number of nitrogens with zero attached hydrogens (tertiary/aromatic N) is 4. The number of pyridine rings is 1. The van der Waals surface area contributed by atoms with Crippen molar-refractivity contribution in [2.75, 3.05) is 24.8 Å². The monoisotopic (exact) mass is 508 g/mol. The molecule has 1 amide bonds. The molecule has 10 heteroatoms. The Labute approximate surface area is 212 Å². The summed E-state index contributed by atoms with van der Waals surface area (Å²) in [5.41, 5.74) is 1.95. The molecule has 35 heavy (non-hydrogen) atoms. The number of aromatic nitrogens is 1. The highest BCUT2D eigenvalue weighted by molar-refractivity contribution is 8.26. The van der Waals surface area contributed by atoms with E-state index in [1.54, 1.807) is 24.9 Å². The van der Waals surface area contributed by atoms with Gasteiger partial charge in [-0.1, -0.05) is 30.0 Å². The molecular formula is C25H24N4O4S2. The number of hydrogen-bond acceptors (Lipinski definition) is 8. The first-order valence-electron chi connectivity index (χ1n) is 11.4. The summed E-state index contributed by atoms with van der Waals surface area (Å²) in [6, 6.07) is 7.62. The summed E-state index contributed by atoms with van der Waals surface area (Å²) in [4.78, 5) is 30.5. The number of fused-ring (bicyclic) bond motifs is 1. The van der Waals surface area contributed by atoms with E-state index in [-0.39, 0.29) is 23.8 Å². The predicted molar refractivity (Wildman–Crippen MR) is 138 cm³/mol. The number of thioether (sulfide) groups is 1. The van der Waals surface area contributed by atoms with Crippen LogP contribution in [0.3, 0.4) is 0 Å². The first kappa shape index (κ1) is 23.5. The molecule has 0 bridgehead atoms. The van der Waals surface area contributed by atoms with Gasteiger partial charge in [0.15, 0.2) is 11.5 Å². The molecule has 2 saturated heterocycles. The molecule has 0 unspecified atom stereocenters. The zero-order chi connectivity index (χ0) is 24.7. The molecule has 0 N–H and O–H groups in total. The molecule has 3 aliphatic heterocycles. The second kappa shape index (κ2) is 9.40. The highest BCUT2D eigenvalue weighted by Crippen LogP contribution is 2.38. The molecule has 2 aromatic rings. The number of carbonyl (C=O) groups excluding carboxylic acids is 1. The van der Waals surface area contributed by atoms with Crippen molar-refractivity contribution in [3.8, 4) is 17.6 Å². The number of hydrogen-bond donors (Lipinski definition) is 0. The van der Waals surface area contributed by atoms with Gasteiger partial charge in [-0.25, -0.2) is 0 Å². The largest absolute Gasteiger partial charge is 0.454 e. The van der Waals surface area contributed by atoms with Crippen LogP contribution in [-0.2, 0) is 18.4 Å². The maximum absolute atomic E-state index is 13.4. The molecule has 8 nitrogen and oxygen atoms in total. The van der Waals surface area contributed by atoms with E-state index in [4.69, 9.17) is 21.7 Å². The third-order valence-electron chi connectivity index (χ3n) is 6.55. The van der Waals surface area contributed by atoms with Crippen molar-refractivity contribution in [1.29, 1.82) is 5.26 Å². The van der Waals surface area contributed by atoms with Gasteiger partial charge in [-0.05, 0) is 55.5 Å². The van der Waals surface area contributed by atoms with Crippen LogP contribution in [-0.4, -0.2) is 39.6 Å². The summed E-state index contributed by atoms with van der Waals surface area (Å²) < 4.78 is 12.8. The van der Waals surface area contributed by atoms with Gasteiger partial charge in [0.2, 0.25) is 6.79 Å². The van der Waals surface area contributed by atoms with Crippen LogP contribution in [0, 0.1) is 18.3 Å². The maximum Gasteiger partial charge on any atom is 0.270 e. The predicted octanol–water partition coefficient (Wildman–Crippen LogP) is 3.69.